The van der Waals surface area contributed by atoms with Crippen LogP contribution in [0.2, 0.25) is 0 Å². The summed E-state index contributed by atoms with van der Waals surface area (Å²) in [6.07, 6.45) is 1.72. The lowest BCUT2D eigenvalue weighted by Gasteiger charge is -2.08. The molecule has 2 aromatic heterocycles. The quantitative estimate of drug-likeness (QED) is 0.911. The highest BCUT2D eigenvalue weighted by Gasteiger charge is 2.21. The summed E-state index contributed by atoms with van der Waals surface area (Å²) in [4.78, 5) is 4.16. The van der Waals surface area contributed by atoms with Gasteiger partial charge in [0.25, 0.3) is 10.0 Å². The Hall–Kier alpha value is -1.86. The molecule has 1 N–H and O–H groups in total. The largest absolute Gasteiger partial charge is 0.446 e. The second kappa shape index (κ2) is 5.64. The maximum atomic E-state index is 11.9. The normalized spacial score (nSPS) is 11.8. The second-order valence-electron chi connectivity index (χ2n) is 4.50. The molecule has 0 aliphatic heterocycles. The van der Waals surface area contributed by atoms with E-state index in [-0.39, 0.29) is 5.09 Å². The summed E-state index contributed by atoms with van der Waals surface area (Å²) < 4.78 is 30.2. The van der Waals surface area contributed by atoms with Crippen LogP contribution in [-0.4, -0.2) is 31.8 Å². The van der Waals surface area contributed by atoms with E-state index in [9.17, 15) is 8.42 Å². The zero-order valence-electron chi connectivity index (χ0n) is 11.6. The van der Waals surface area contributed by atoms with E-state index < -0.39 is 10.0 Å². The molecular weight excluding hydrogens is 278 g/mol. The average molecular weight is 295 g/mol. The van der Waals surface area contributed by atoms with Gasteiger partial charge in [-0.05, 0) is 31.2 Å². The minimum Gasteiger partial charge on any atom is -0.446 e. The molecule has 0 amide bonds. The van der Waals surface area contributed by atoms with Crippen LogP contribution in [0.4, 0.5) is 5.69 Å². The van der Waals surface area contributed by atoms with E-state index in [0.717, 1.165) is 15.7 Å². The first-order valence-corrected chi connectivity index (χ1v) is 7.52. The summed E-state index contributed by atoms with van der Waals surface area (Å²) in [6.45, 7) is 2.29. The van der Waals surface area contributed by atoms with Crippen molar-refractivity contribution in [3.63, 3.8) is 0 Å². The fourth-order valence-corrected chi connectivity index (χ4v) is 2.44. The number of hydrogen-bond acceptors (Lipinski definition) is 5. The minimum absolute atomic E-state index is 0.0535. The number of hydrogen-bond donors (Lipinski definition) is 1. The number of anilines is 1. The zero-order valence-corrected chi connectivity index (χ0v) is 12.4. The van der Waals surface area contributed by atoms with E-state index in [1.807, 2.05) is 19.1 Å². The average Bonchev–Trinajstić information content (AvgIpc) is 2.87. The molecule has 0 saturated heterocycles. The molecule has 0 spiro atoms. The van der Waals surface area contributed by atoms with Crippen molar-refractivity contribution in [2.75, 3.05) is 19.4 Å². The Labute approximate surface area is 118 Å². The van der Waals surface area contributed by atoms with Crippen LogP contribution in [-0.2, 0) is 16.6 Å². The van der Waals surface area contributed by atoms with Crippen molar-refractivity contribution in [1.29, 1.82) is 0 Å². The Morgan fingerprint density at radius 3 is 2.70 bits per heavy atom. The molecule has 0 aliphatic carbocycles. The molecule has 7 heteroatoms. The molecule has 2 heterocycles. The van der Waals surface area contributed by atoms with Gasteiger partial charge in [-0.1, -0.05) is 0 Å². The highest BCUT2D eigenvalue weighted by atomic mass is 32.2. The van der Waals surface area contributed by atoms with E-state index in [1.54, 1.807) is 12.3 Å². The number of nitrogens with one attached hydrogen (secondary N) is 1. The van der Waals surface area contributed by atoms with Gasteiger partial charge in [0.2, 0.25) is 5.09 Å². The third-order valence-corrected chi connectivity index (χ3v) is 4.52. The summed E-state index contributed by atoms with van der Waals surface area (Å²) in [5.74, 6) is 0.550. The van der Waals surface area contributed by atoms with Crippen LogP contribution < -0.4 is 5.32 Å². The number of rotatable bonds is 5. The fraction of sp³-hybridized carbons (Fsp3) is 0.308. The molecule has 2 aromatic rings. The van der Waals surface area contributed by atoms with Gasteiger partial charge >= 0.3 is 0 Å². The molecule has 0 atom stereocenters. The molecule has 0 unspecified atom stereocenters. The Balaban J connectivity index is 2.10. The number of furan rings is 1. The lowest BCUT2D eigenvalue weighted by molar-refractivity contribution is 0.402. The van der Waals surface area contributed by atoms with Crippen LogP contribution in [0.15, 0.2) is 40.0 Å². The number of nitrogens with zero attached hydrogens (tertiary/aromatic N) is 2. The first-order chi connectivity index (χ1) is 9.41. The van der Waals surface area contributed by atoms with Crippen molar-refractivity contribution < 1.29 is 12.8 Å². The summed E-state index contributed by atoms with van der Waals surface area (Å²) in [5, 5.41) is 3.11. The molecule has 0 aliphatic rings. The van der Waals surface area contributed by atoms with Crippen LogP contribution in [0, 0.1) is 6.92 Å². The van der Waals surface area contributed by atoms with Gasteiger partial charge in [0.1, 0.15) is 5.76 Å². The molecule has 0 radical (unpaired) electrons. The van der Waals surface area contributed by atoms with Gasteiger partial charge in [0, 0.05) is 20.3 Å². The molecule has 108 valence electrons. The summed E-state index contributed by atoms with van der Waals surface area (Å²) in [7, 11) is -0.587. The van der Waals surface area contributed by atoms with E-state index in [2.05, 4.69) is 10.3 Å². The van der Waals surface area contributed by atoms with Crippen molar-refractivity contribution >= 4 is 15.7 Å². The van der Waals surface area contributed by atoms with Crippen molar-refractivity contribution in [3.05, 3.63) is 41.9 Å². The first kappa shape index (κ1) is 14.5. The number of pyridine rings is 1. The molecule has 0 fully saturated rings. The van der Waals surface area contributed by atoms with Crippen molar-refractivity contribution in [3.8, 4) is 0 Å². The van der Waals surface area contributed by atoms with Gasteiger partial charge in [-0.25, -0.2) is 12.7 Å². The van der Waals surface area contributed by atoms with Crippen LogP contribution in [0.25, 0.3) is 0 Å². The molecule has 20 heavy (non-hydrogen) atoms. The minimum atomic E-state index is -3.52. The summed E-state index contributed by atoms with van der Waals surface area (Å²) >= 11 is 0. The lowest BCUT2D eigenvalue weighted by Crippen LogP contribution is -2.21. The number of aromatic nitrogens is 1. The lowest BCUT2D eigenvalue weighted by atomic mass is 10.3. The highest BCUT2D eigenvalue weighted by Crippen LogP contribution is 2.18. The monoisotopic (exact) mass is 295 g/mol. The van der Waals surface area contributed by atoms with Gasteiger partial charge in [-0.3, -0.25) is 4.98 Å². The molecule has 6 nitrogen and oxygen atoms in total. The van der Waals surface area contributed by atoms with E-state index in [0.29, 0.717) is 12.3 Å². The standard InChI is InChI=1S/C13H17N3O3S/c1-10-12(5-4-8-14-10)15-9-11-6-7-13(19-11)20(17,18)16(2)3/h4-8,15H,9H2,1-3H3. The van der Waals surface area contributed by atoms with E-state index in [1.165, 1.54) is 20.2 Å². The number of aryl methyl sites for hydroxylation is 1. The molecule has 2 rings (SSSR count). The van der Waals surface area contributed by atoms with Gasteiger partial charge < -0.3 is 9.73 Å². The van der Waals surface area contributed by atoms with Crippen molar-refractivity contribution in [2.45, 2.75) is 18.6 Å². The van der Waals surface area contributed by atoms with Gasteiger partial charge in [0.05, 0.1) is 17.9 Å². The second-order valence-corrected chi connectivity index (χ2v) is 6.58. The van der Waals surface area contributed by atoms with Crippen LogP contribution >= 0.6 is 0 Å². The molecule has 0 aromatic carbocycles. The SMILES string of the molecule is Cc1ncccc1NCc1ccc(S(=O)(=O)N(C)C)o1. The first-order valence-electron chi connectivity index (χ1n) is 6.08. The van der Waals surface area contributed by atoms with Gasteiger partial charge in [-0.15, -0.1) is 0 Å². The predicted molar refractivity (Wildman–Crippen MR) is 75.9 cm³/mol. The Morgan fingerprint density at radius 1 is 1.30 bits per heavy atom. The van der Waals surface area contributed by atoms with Gasteiger partial charge in [0.15, 0.2) is 0 Å². The van der Waals surface area contributed by atoms with E-state index in [4.69, 9.17) is 4.42 Å². The van der Waals surface area contributed by atoms with Crippen LogP contribution in [0.3, 0.4) is 0 Å². The highest BCUT2D eigenvalue weighted by molar-refractivity contribution is 7.88. The molecule has 0 saturated carbocycles. The van der Waals surface area contributed by atoms with Crippen LogP contribution in [0.1, 0.15) is 11.5 Å². The van der Waals surface area contributed by atoms with E-state index >= 15 is 0 Å². The number of sulfonamides is 1. The maximum Gasteiger partial charge on any atom is 0.275 e. The van der Waals surface area contributed by atoms with Crippen LogP contribution in [0.5, 0.6) is 0 Å². The molecular formula is C13H17N3O3S. The summed E-state index contributed by atoms with van der Waals surface area (Å²) in [5.41, 5.74) is 1.76. The topological polar surface area (TPSA) is 75.4 Å². The smallest absolute Gasteiger partial charge is 0.275 e. The zero-order chi connectivity index (χ0) is 14.8. The van der Waals surface area contributed by atoms with Gasteiger partial charge in [-0.2, -0.15) is 0 Å². The maximum absolute atomic E-state index is 11.9. The Bertz CT molecular complexity index is 692. The van der Waals surface area contributed by atoms with Crippen molar-refractivity contribution in [2.24, 2.45) is 0 Å². The Kier molecular flexibility index (Phi) is 4.10. The van der Waals surface area contributed by atoms with Crippen molar-refractivity contribution in [1.82, 2.24) is 9.29 Å². The predicted octanol–water partition coefficient (Wildman–Crippen LogP) is 1.85. The third-order valence-electron chi connectivity index (χ3n) is 2.83. The fourth-order valence-electron chi connectivity index (χ4n) is 1.63. The Morgan fingerprint density at radius 2 is 2.05 bits per heavy atom. The third kappa shape index (κ3) is 3.00. The molecule has 0 bridgehead atoms. The summed E-state index contributed by atoms with van der Waals surface area (Å²) in [6, 6.07) is 6.85.